The number of para-hydroxylation sites is 1. The molecule has 1 aromatic rings. The highest BCUT2D eigenvalue weighted by Crippen LogP contribution is 2.37. The molecule has 1 heterocycles. The number of benzene rings is 1. The normalized spacial score (nSPS) is 29.2. The lowest BCUT2D eigenvalue weighted by molar-refractivity contribution is -0.128. The van der Waals surface area contributed by atoms with Crippen molar-refractivity contribution in [2.75, 3.05) is 7.05 Å². The third-order valence-corrected chi connectivity index (χ3v) is 5.92. The summed E-state index contributed by atoms with van der Waals surface area (Å²) in [6.45, 7) is 1.99. The summed E-state index contributed by atoms with van der Waals surface area (Å²) in [6, 6.07) is 9.82. The first-order valence-corrected chi connectivity index (χ1v) is 10.1. The molecule has 0 saturated carbocycles. The molecule has 0 aromatic heterocycles. The average Bonchev–Trinajstić information content (AvgIpc) is 2.73. The molecule has 0 saturated heterocycles. The highest BCUT2D eigenvalue weighted by molar-refractivity contribution is 5.99. The average molecular weight is 389 g/mol. The van der Waals surface area contributed by atoms with E-state index in [4.69, 9.17) is 10.5 Å². The molecular formula is C24H27N3O2. The van der Waals surface area contributed by atoms with E-state index in [0.29, 0.717) is 18.3 Å². The lowest BCUT2D eigenvalue weighted by Gasteiger charge is -2.36. The maximum absolute atomic E-state index is 12.3. The van der Waals surface area contributed by atoms with E-state index in [0.717, 1.165) is 29.9 Å². The van der Waals surface area contributed by atoms with Gasteiger partial charge in [0.2, 0.25) is 5.91 Å². The van der Waals surface area contributed by atoms with Crippen molar-refractivity contribution in [3.8, 4) is 5.75 Å². The molecule has 3 atom stereocenters. The van der Waals surface area contributed by atoms with Gasteiger partial charge in [0.25, 0.3) is 0 Å². The van der Waals surface area contributed by atoms with Gasteiger partial charge in [-0.1, -0.05) is 42.5 Å². The number of aliphatic imine (C=N–C) groups is 1. The van der Waals surface area contributed by atoms with Crippen molar-refractivity contribution < 1.29 is 9.53 Å². The van der Waals surface area contributed by atoms with Gasteiger partial charge in [-0.05, 0) is 61.5 Å². The molecule has 3 aliphatic rings. The van der Waals surface area contributed by atoms with E-state index >= 15 is 0 Å². The Bertz CT molecular complexity index is 942. The monoisotopic (exact) mass is 389 g/mol. The number of nitrogens with zero attached hydrogens (tertiary/aromatic N) is 2. The Morgan fingerprint density at radius 3 is 2.66 bits per heavy atom. The summed E-state index contributed by atoms with van der Waals surface area (Å²) in [4.78, 5) is 18.4. The maximum Gasteiger partial charge on any atom is 0.231 e. The second-order valence-electron chi connectivity index (χ2n) is 8.08. The molecule has 0 radical (unpaired) electrons. The fraction of sp³-hybridized carbons (Fsp3) is 0.333. The number of rotatable bonds is 4. The molecule has 2 aliphatic carbocycles. The summed E-state index contributed by atoms with van der Waals surface area (Å²) in [5.41, 5.74) is 6.45. The van der Waals surface area contributed by atoms with Crippen molar-refractivity contribution in [1.82, 2.24) is 4.90 Å². The van der Waals surface area contributed by atoms with Gasteiger partial charge in [0.05, 0.1) is 12.0 Å². The predicted octanol–water partition coefficient (Wildman–Crippen LogP) is 3.96. The van der Waals surface area contributed by atoms with Gasteiger partial charge in [0, 0.05) is 7.05 Å². The lowest BCUT2D eigenvalue weighted by Crippen LogP contribution is -2.49. The zero-order valence-corrected chi connectivity index (χ0v) is 16.9. The Balaban J connectivity index is 1.47. The fourth-order valence-electron chi connectivity index (χ4n) is 4.07. The van der Waals surface area contributed by atoms with Gasteiger partial charge in [-0.2, -0.15) is 0 Å². The van der Waals surface area contributed by atoms with Crippen molar-refractivity contribution in [2.24, 2.45) is 22.6 Å². The summed E-state index contributed by atoms with van der Waals surface area (Å²) in [5, 5.41) is 0. The highest BCUT2D eigenvalue weighted by Gasteiger charge is 2.38. The molecule has 1 aromatic carbocycles. The number of amides is 1. The topological polar surface area (TPSA) is 67.9 Å². The van der Waals surface area contributed by atoms with Crippen molar-refractivity contribution in [2.45, 2.75) is 31.7 Å². The minimum atomic E-state index is -0.599. The quantitative estimate of drug-likeness (QED) is 0.847. The van der Waals surface area contributed by atoms with Crippen LogP contribution in [0.25, 0.3) is 0 Å². The number of carbonyl (C=O) groups excluding carboxylic acids is 1. The van der Waals surface area contributed by atoms with Gasteiger partial charge in [-0.15, -0.1) is 0 Å². The molecule has 150 valence electrons. The van der Waals surface area contributed by atoms with Gasteiger partial charge in [0.1, 0.15) is 11.5 Å². The van der Waals surface area contributed by atoms with Crippen molar-refractivity contribution in [1.29, 1.82) is 0 Å². The van der Waals surface area contributed by atoms with Crippen molar-refractivity contribution >= 4 is 11.9 Å². The van der Waals surface area contributed by atoms with E-state index in [9.17, 15) is 4.79 Å². The highest BCUT2D eigenvalue weighted by atomic mass is 16.5. The Hall–Kier alpha value is -3.08. The first kappa shape index (κ1) is 19.2. The van der Waals surface area contributed by atoms with E-state index in [-0.39, 0.29) is 11.9 Å². The van der Waals surface area contributed by atoms with E-state index in [1.165, 1.54) is 4.90 Å². The minimum Gasteiger partial charge on any atom is -0.458 e. The molecule has 4 rings (SSSR count). The van der Waals surface area contributed by atoms with Crippen LogP contribution in [0.5, 0.6) is 5.75 Å². The van der Waals surface area contributed by atoms with E-state index < -0.39 is 5.54 Å². The van der Waals surface area contributed by atoms with Crippen LogP contribution in [0, 0.1) is 11.8 Å². The lowest BCUT2D eigenvalue weighted by atomic mass is 9.76. The first-order valence-electron chi connectivity index (χ1n) is 10.1. The summed E-state index contributed by atoms with van der Waals surface area (Å²) in [7, 11) is 1.67. The van der Waals surface area contributed by atoms with Crippen molar-refractivity contribution in [3.63, 3.8) is 0 Å². The zero-order valence-electron chi connectivity index (χ0n) is 16.9. The summed E-state index contributed by atoms with van der Waals surface area (Å²) in [6.07, 6.45) is 15.2. The number of allylic oxidation sites excluding steroid dienone is 5. The van der Waals surface area contributed by atoms with E-state index in [1.807, 2.05) is 37.3 Å². The second kappa shape index (κ2) is 7.74. The van der Waals surface area contributed by atoms with Crippen LogP contribution in [0.1, 0.15) is 26.2 Å². The molecule has 3 unspecified atom stereocenters. The number of nitrogens with two attached hydrogens (primary N) is 1. The van der Waals surface area contributed by atoms with Crippen LogP contribution in [0.3, 0.4) is 0 Å². The number of hydrogen-bond acceptors (Lipinski definition) is 4. The molecule has 5 nitrogen and oxygen atoms in total. The van der Waals surface area contributed by atoms with Crippen molar-refractivity contribution in [3.05, 3.63) is 78.1 Å². The Labute approximate surface area is 171 Å². The molecule has 1 aliphatic heterocycles. The second-order valence-corrected chi connectivity index (χ2v) is 8.08. The molecule has 0 fully saturated rings. The summed E-state index contributed by atoms with van der Waals surface area (Å²) < 4.78 is 5.93. The first-order chi connectivity index (χ1) is 13.9. The fourth-order valence-corrected chi connectivity index (χ4v) is 4.07. The van der Waals surface area contributed by atoms with Gasteiger partial charge in [-0.25, -0.2) is 4.99 Å². The number of carbonyl (C=O) groups is 1. The third-order valence-electron chi connectivity index (χ3n) is 5.92. The SMILES string of the molecule is CN1C(=O)CC(C)(C2=CC(C3C=CC(Oc4ccccc4)=CC3)CC=C2)N=C1N. The summed E-state index contributed by atoms with van der Waals surface area (Å²) >= 11 is 0. The van der Waals surface area contributed by atoms with Crippen LogP contribution in [0.4, 0.5) is 0 Å². The Morgan fingerprint density at radius 2 is 1.97 bits per heavy atom. The maximum atomic E-state index is 12.3. The Morgan fingerprint density at radius 1 is 1.17 bits per heavy atom. The molecule has 5 heteroatoms. The molecule has 1 amide bonds. The van der Waals surface area contributed by atoms with Crippen LogP contribution >= 0.6 is 0 Å². The minimum absolute atomic E-state index is 0.000350. The largest absolute Gasteiger partial charge is 0.458 e. The number of hydrogen-bond donors (Lipinski definition) is 1. The molecular weight excluding hydrogens is 362 g/mol. The van der Waals surface area contributed by atoms with E-state index in [2.05, 4.69) is 41.4 Å². The van der Waals surface area contributed by atoms with Gasteiger partial charge in [-0.3, -0.25) is 9.69 Å². The zero-order chi connectivity index (χ0) is 20.4. The Kier molecular flexibility index (Phi) is 5.14. The smallest absolute Gasteiger partial charge is 0.231 e. The number of ether oxygens (including phenoxy) is 1. The van der Waals surface area contributed by atoms with Gasteiger partial charge >= 0.3 is 0 Å². The van der Waals surface area contributed by atoms with Crippen LogP contribution in [-0.2, 0) is 4.79 Å². The van der Waals surface area contributed by atoms with Gasteiger partial charge < -0.3 is 10.5 Å². The molecule has 0 spiro atoms. The molecule has 29 heavy (non-hydrogen) atoms. The summed E-state index contributed by atoms with van der Waals surface area (Å²) in [5.74, 6) is 2.77. The van der Waals surface area contributed by atoms with Crippen LogP contribution < -0.4 is 10.5 Å². The molecule has 0 bridgehead atoms. The van der Waals surface area contributed by atoms with Crippen LogP contribution in [0.15, 0.2) is 83.1 Å². The number of guanidine groups is 1. The third kappa shape index (κ3) is 4.04. The molecule has 2 N–H and O–H groups in total. The van der Waals surface area contributed by atoms with Crippen LogP contribution in [0.2, 0.25) is 0 Å². The standard InChI is InChI=1S/C24H27N3O2/c1-24(16-22(28)27(2)23(25)26-24)19-8-6-7-18(15-19)17-11-13-21(14-12-17)29-20-9-4-3-5-10-20/h3-6,8-11,13-15,17-18H,7,12,16H2,1-2H3,(H2,25,26). The van der Waals surface area contributed by atoms with Gasteiger partial charge in [0.15, 0.2) is 5.96 Å². The van der Waals surface area contributed by atoms with E-state index in [1.54, 1.807) is 7.05 Å². The van der Waals surface area contributed by atoms with Crippen LogP contribution in [-0.4, -0.2) is 29.4 Å². The predicted molar refractivity (Wildman–Crippen MR) is 115 cm³/mol.